The third-order valence-electron chi connectivity index (χ3n) is 2.71. The van der Waals surface area contributed by atoms with E-state index in [9.17, 15) is 4.79 Å². The van der Waals surface area contributed by atoms with Crippen LogP contribution in [0.15, 0.2) is 22.7 Å². The van der Waals surface area contributed by atoms with Crippen LogP contribution in [0.3, 0.4) is 0 Å². The molecule has 0 saturated heterocycles. The predicted molar refractivity (Wildman–Crippen MR) is 73.4 cm³/mol. The van der Waals surface area contributed by atoms with Gasteiger partial charge in [-0.3, -0.25) is 4.79 Å². The van der Waals surface area contributed by atoms with E-state index in [1.807, 2.05) is 12.1 Å². The van der Waals surface area contributed by atoms with Gasteiger partial charge in [0.2, 0.25) is 0 Å². The summed E-state index contributed by atoms with van der Waals surface area (Å²) in [6.45, 7) is 0.0172. The number of aliphatic hydroxyl groups excluding tert-OH is 1. The predicted octanol–water partition coefficient (Wildman–Crippen LogP) is 2.31. The van der Waals surface area contributed by atoms with Crippen molar-refractivity contribution < 1.29 is 9.90 Å². The maximum atomic E-state index is 12.0. The average molecular weight is 396 g/mol. The normalized spacial score (nSPS) is 16.9. The van der Waals surface area contributed by atoms with Gasteiger partial charge in [0.1, 0.15) is 0 Å². The van der Waals surface area contributed by atoms with Crippen LogP contribution in [0.25, 0.3) is 0 Å². The molecule has 0 heterocycles. The molecular formula is C11H11BrINO2. The van der Waals surface area contributed by atoms with Gasteiger partial charge in [-0.15, -0.1) is 0 Å². The molecule has 0 aromatic heterocycles. The SMILES string of the molecule is O=C(NC1(CO)CC1)c1cc(Br)ccc1I. The highest BCUT2D eigenvalue weighted by molar-refractivity contribution is 14.1. The number of aliphatic hydroxyl groups is 1. The van der Waals surface area contributed by atoms with Crippen molar-refractivity contribution in [2.24, 2.45) is 0 Å². The molecule has 1 amide bonds. The number of amides is 1. The molecule has 1 saturated carbocycles. The Bertz CT molecular complexity index is 432. The molecule has 1 fully saturated rings. The number of carbonyl (C=O) groups is 1. The number of hydrogen-bond donors (Lipinski definition) is 2. The van der Waals surface area contributed by atoms with E-state index in [4.69, 9.17) is 5.11 Å². The molecule has 3 nitrogen and oxygen atoms in total. The summed E-state index contributed by atoms with van der Waals surface area (Å²) in [5.41, 5.74) is 0.289. The summed E-state index contributed by atoms with van der Waals surface area (Å²) in [6, 6.07) is 5.58. The van der Waals surface area contributed by atoms with Crippen LogP contribution in [0, 0.1) is 3.57 Å². The standard InChI is InChI=1S/C11H11BrINO2/c12-7-1-2-9(13)8(5-7)10(16)14-11(6-15)3-4-11/h1-2,5,15H,3-4,6H2,(H,14,16). The van der Waals surface area contributed by atoms with Gasteiger partial charge in [-0.1, -0.05) is 15.9 Å². The largest absolute Gasteiger partial charge is 0.394 e. The Morgan fingerprint density at radius 1 is 1.56 bits per heavy atom. The van der Waals surface area contributed by atoms with E-state index in [0.717, 1.165) is 20.9 Å². The summed E-state index contributed by atoms with van der Waals surface area (Å²) in [6.07, 6.45) is 1.72. The lowest BCUT2D eigenvalue weighted by atomic mass is 10.2. The minimum atomic E-state index is -0.359. The Morgan fingerprint density at radius 2 is 2.25 bits per heavy atom. The van der Waals surface area contributed by atoms with Crippen molar-refractivity contribution in [2.45, 2.75) is 18.4 Å². The smallest absolute Gasteiger partial charge is 0.252 e. The Labute approximate surface area is 116 Å². The first-order chi connectivity index (χ1) is 7.56. The Hall–Kier alpha value is -0.140. The highest BCUT2D eigenvalue weighted by Gasteiger charge is 2.43. The van der Waals surface area contributed by atoms with Crippen LogP contribution in [0.1, 0.15) is 23.2 Å². The summed E-state index contributed by atoms with van der Waals surface area (Å²) in [4.78, 5) is 12.0. The molecule has 0 unspecified atom stereocenters. The lowest BCUT2D eigenvalue weighted by molar-refractivity contribution is 0.0906. The lowest BCUT2D eigenvalue weighted by Crippen LogP contribution is -2.39. The van der Waals surface area contributed by atoms with E-state index >= 15 is 0 Å². The number of benzene rings is 1. The van der Waals surface area contributed by atoms with Gasteiger partial charge < -0.3 is 10.4 Å². The lowest BCUT2D eigenvalue weighted by Gasteiger charge is -2.15. The van der Waals surface area contributed by atoms with Crippen molar-refractivity contribution in [3.63, 3.8) is 0 Å². The Morgan fingerprint density at radius 3 is 2.81 bits per heavy atom. The third-order valence-corrected chi connectivity index (χ3v) is 4.14. The van der Waals surface area contributed by atoms with Gasteiger partial charge in [-0.25, -0.2) is 0 Å². The number of halogens is 2. The van der Waals surface area contributed by atoms with Gasteiger partial charge in [-0.2, -0.15) is 0 Å². The van der Waals surface area contributed by atoms with Crippen LogP contribution in [0.5, 0.6) is 0 Å². The number of nitrogens with one attached hydrogen (secondary N) is 1. The number of carbonyl (C=O) groups excluding carboxylic acids is 1. The molecule has 2 rings (SSSR count). The van der Waals surface area contributed by atoms with E-state index in [1.54, 1.807) is 6.07 Å². The summed E-state index contributed by atoms with van der Waals surface area (Å²) in [5, 5.41) is 12.0. The maximum absolute atomic E-state index is 12.0. The van der Waals surface area contributed by atoms with Crippen LogP contribution in [0.2, 0.25) is 0 Å². The van der Waals surface area contributed by atoms with Crippen LogP contribution in [-0.2, 0) is 0 Å². The second-order valence-electron chi connectivity index (χ2n) is 4.02. The fraction of sp³-hybridized carbons (Fsp3) is 0.364. The Balaban J connectivity index is 2.17. The van der Waals surface area contributed by atoms with Gasteiger partial charge in [0.15, 0.2) is 0 Å². The van der Waals surface area contributed by atoms with Gasteiger partial charge >= 0.3 is 0 Å². The number of hydrogen-bond acceptors (Lipinski definition) is 2. The van der Waals surface area contributed by atoms with Crippen molar-refractivity contribution in [3.05, 3.63) is 31.8 Å². The van der Waals surface area contributed by atoms with E-state index in [0.29, 0.717) is 5.56 Å². The molecule has 5 heteroatoms. The second kappa shape index (κ2) is 4.62. The highest BCUT2D eigenvalue weighted by Crippen LogP contribution is 2.35. The molecule has 2 N–H and O–H groups in total. The summed E-state index contributed by atoms with van der Waals surface area (Å²) in [7, 11) is 0. The summed E-state index contributed by atoms with van der Waals surface area (Å²) >= 11 is 5.48. The molecule has 0 radical (unpaired) electrons. The first kappa shape index (κ1) is 12.3. The van der Waals surface area contributed by atoms with Gasteiger partial charge in [0.05, 0.1) is 17.7 Å². The number of rotatable bonds is 3. The van der Waals surface area contributed by atoms with Crippen LogP contribution in [-0.4, -0.2) is 23.2 Å². The summed E-state index contributed by atoms with van der Waals surface area (Å²) < 4.78 is 1.79. The molecule has 1 aliphatic rings. The molecule has 86 valence electrons. The van der Waals surface area contributed by atoms with Crippen LogP contribution >= 0.6 is 38.5 Å². The second-order valence-corrected chi connectivity index (χ2v) is 6.09. The fourth-order valence-corrected chi connectivity index (χ4v) is 2.39. The molecule has 0 aliphatic heterocycles. The van der Waals surface area contributed by atoms with E-state index in [-0.39, 0.29) is 18.1 Å². The molecule has 1 aromatic rings. The monoisotopic (exact) mass is 395 g/mol. The Kier molecular flexibility index (Phi) is 3.56. The zero-order valence-electron chi connectivity index (χ0n) is 8.46. The van der Waals surface area contributed by atoms with Gasteiger partial charge in [-0.05, 0) is 53.6 Å². The average Bonchev–Trinajstić information content (AvgIpc) is 3.02. The molecule has 1 aliphatic carbocycles. The first-order valence-electron chi connectivity index (χ1n) is 4.95. The van der Waals surface area contributed by atoms with Gasteiger partial charge in [0, 0.05) is 8.04 Å². The molecule has 0 atom stereocenters. The molecular weight excluding hydrogens is 385 g/mol. The van der Waals surface area contributed by atoms with Gasteiger partial charge in [0.25, 0.3) is 5.91 Å². The first-order valence-corrected chi connectivity index (χ1v) is 6.82. The van der Waals surface area contributed by atoms with Crippen molar-refractivity contribution in [1.29, 1.82) is 0 Å². The molecule has 16 heavy (non-hydrogen) atoms. The minimum Gasteiger partial charge on any atom is -0.394 e. The third kappa shape index (κ3) is 2.57. The van der Waals surface area contributed by atoms with Crippen molar-refractivity contribution in [2.75, 3.05) is 6.61 Å². The van der Waals surface area contributed by atoms with Crippen molar-refractivity contribution in [3.8, 4) is 0 Å². The molecule has 0 bridgehead atoms. The van der Waals surface area contributed by atoms with Crippen molar-refractivity contribution >= 4 is 44.4 Å². The topological polar surface area (TPSA) is 49.3 Å². The molecule has 1 aromatic carbocycles. The maximum Gasteiger partial charge on any atom is 0.252 e. The molecule has 0 spiro atoms. The zero-order chi connectivity index (χ0) is 11.8. The van der Waals surface area contributed by atoms with E-state index in [1.165, 1.54) is 0 Å². The highest BCUT2D eigenvalue weighted by atomic mass is 127. The van der Waals surface area contributed by atoms with Crippen LogP contribution < -0.4 is 5.32 Å². The quantitative estimate of drug-likeness (QED) is 0.771. The van der Waals surface area contributed by atoms with Crippen LogP contribution in [0.4, 0.5) is 0 Å². The van der Waals surface area contributed by atoms with Crippen molar-refractivity contribution in [1.82, 2.24) is 5.32 Å². The van der Waals surface area contributed by atoms with E-state index < -0.39 is 0 Å². The fourth-order valence-electron chi connectivity index (χ4n) is 1.45. The van der Waals surface area contributed by atoms with E-state index in [2.05, 4.69) is 43.8 Å². The summed E-state index contributed by atoms with van der Waals surface area (Å²) in [5.74, 6) is -0.114. The minimum absolute atomic E-state index is 0.0172. The zero-order valence-corrected chi connectivity index (χ0v) is 12.2.